The molecule has 1 aliphatic heterocycles. The number of alkyl halides is 3. The maximum Gasteiger partial charge on any atom is 0.451 e. The molecule has 2 aliphatic rings. The molecule has 3 heterocycles. The fourth-order valence-electron chi connectivity index (χ4n) is 5.52. The average molecular weight is 540 g/mol. The number of rotatable bonds is 7. The van der Waals surface area contributed by atoms with Crippen molar-refractivity contribution in [2.75, 3.05) is 23.3 Å². The highest BCUT2D eigenvalue weighted by Gasteiger charge is 2.35. The molecule has 1 aliphatic carbocycles. The molecular weight excluding hydrogens is 507 g/mol. The molecule has 1 aromatic carbocycles. The van der Waals surface area contributed by atoms with Gasteiger partial charge in [-0.05, 0) is 61.1 Å². The topological polar surface area (TPSA) is 109 Å². The lowest BCUT2D eigenvalue weighted by Crippen LogP contribution is -2.55. The average Bonchev–Trinajstić information content (AvgIpc) is 2.94. The Morgan fingerprint density at radius 2 is 1.69 bits per heavy atom. The van der Waals surface area contributed by atoms with Crippen LogP contribution in [-0.4, -0.2) is 52.1 Å². The Kier molecular flexibility index (Phi) is 7.97. The van der Waals surface area contributed by atoms with Crippen molar-refractivity contribution in [3.05, 3.63) is 66.4 Å². The van der Waals surface area contributed by atoms with Crippen LogP contribution in [0.3, 0.4) is 0 Å². The summed E-state index contributed by atoms with van der Waals surface area (Å²) < 4.78 is 38.6. The smallest absolute Gasteiger partial charge is 0.367 e. The number of nitrogens with one attached hydrogen (secondary N) is 2. The summed E-state index contributed by atoms with van der Waals surface area (Å²) in [7, 11) is 0. The number of carbonyl (C=O) groups is 1. The third kappa shape index (κ3) is 6.65. The van der Waals surface area contributed by atoms with E-state index in [2.05, 4.69) is 30.5 Å². The second kappa shape index (κ2) is 11.6. The Balaban J connectivity index is 1.24. The number of halogens is 3. The zero-order valence-electron chi connectivity index (χ0n) is 21.5. The molecule has 39 heavy (non-hydrogen) atoms. The van der Waals surface area contributed by atoms with Gasteiger partial charge in [0.25, 0.3) is 0 Å². The number of piperidine rings is 1. The number of anilines is 2. The SMILES string of the molecule is NC(=O)c1cccc(-c2ccnc(NC3CCCCC3NC3CCCN(c4cnc(C(F)(F)F)nc4)C3)c2)c1. The van der Waals surface area contributed by atoms with Gasteiger partial charge in [0.05, 0.1) is 18.1 Å². The molecule has 8 nitrogen and oxygen atoms in total. The molecule has 1 saturated heterocycles. The molecule has 1 amide bonds. The minimum absolute atomic E-state index is 0.184. The molecule has 2 aromatic heterocycles. The number of primary amides is 1. The van der Waals surface area contributed by atoms with E-state index in [4.69, 9.17) is 5.73 Å². The van der Waals surface area contributed by atoms with Crippen LogP contribution in [0.5, 0.6) is 0 Å². The molecule has 3 atom stereocenters. The van der Waals surface area contributed by atoms with Crippen LogP contribution < -0.4 is 21.3 Å². The van der Waals surface area contributed by atoms with E-state index in [1.165, 1.54) is 12.4 Å². The molecule has 3 aromatic rings. The number of nitrogens with two attached hydrogens (primary N) is 1. The standard InChI is InChI=1S/C28H32F3N7O/c29-28(30,31)27-34-15-22(16-35-27)38-12-4-7-21(17-38)36-23-8-1-2-9-24(23)37-25-14-19(10-11-33-25)18-5-3-6-20(13-18)26(32)39/h3,5-6,10-11,13-16,21,23-24,36H,1-2,4,7-9,12,17H2,(H2,32,39)(H,33,37). The molecule has 0 spiro atoms. The van der Waals surface area contributed by atoms with E-state index in [1.807, 2.05) is 24.3 Å². The van der Waals surface area contributed by atoms with Crippen LogP contribution in [0.15, 0.2) is 55.0 Å². The minimum atomic E-state index is -4.55. The maximum absolute atomic E-state index is 12.9. The number of benzene rings is 1. The quantitative estimate of drug-likeness (QED) is 0.401. The molecule has 0 bridgehead atoms. The highest BCUT2D eigenvalue weighted by Crippen LogP contribution is 2.29. The summed E-state index contributed by atoms with van der Waals surface area (Å²) in [5.41, 5.74) is 8.35. The van der Waals surface area contributed by atoms with Crippen LogP contribution in [-0.2, 0) is 6.18 Å². The number of nitrogens with zero attached hydrogens (tertiary/aromatic N) is 4. The fourth-order valence-corrected chi connectivity index (χ4v) is 5.52. The van der Waals surface area contributed by atoms with Gasteiger partial charge in [-0.25, -0.2) is 15.0 Å². The van der Waals surface area contributed by atoms with E-state index in [0.717, 1.165) is 62.0 Å². The number of pyridine rings is 1. The van der Waals surface area contributed by atoms with Gasteiger partial charge in [-0.15, -0.1) is 0 Å². The summed E-state index contributed by atoms with van der Waals surface area (Å²) in [5.74, 6) is -0.817. The van der Waals surface area contributed by atoms with Crippen molar-refractivity contribution in [1.29, 1.82) is 0 Å². The largest absolute Gasteiger partial charge is 0.451 e. The number of hydrogen-bond donors (Lipinski definition) is 3. The second-order valence-corrected chi connectivity index (χ2v) is 10.2. The number of aromatic nitrogens is 3. The van der Waals surface area contributed by atoms with Crippen LogP contribution in [0.2, 0.25) is 0 Å². The predicted octanol–water partition coefficient (Wildman–Crippen LogP) is 4.64. The van der Waals surface area contributed by atoms with Crippen LogP contribution in [0.4, 0.5) is 24.7 Å². The predicted molar refractivity (Wildman–Crippen MR) is 143 cm³/mol. The van der Waals surface area contributed by atoms with E-state index in [-0.39, 0.29) is 18.1 Å². The third-order valence-electron chi connectivity index (χ3n) is 7.47. The molecule has 2 fully saturated rings. The van der Waals surface area contributed by atoms with Crippen LogP contribution >= 0.6 is 0 Å². The Bertz CT molecular complexity index is 1280. The first-order chi connectivity index (χ1) is 18.8. The summed E-state index contributed by atoms with van der Waals surface area (Å²) in [6.45, 7) is 1.44. The molecule has 1 saturated carbocycles. The summed E-state index contributed by atoms with van der Waals surface area (Å²) >= 11 is 0. The van der Waals surface area contributed by atoms with Gasteiger partial charge >= 0.3 is 6.18 Å². The van der Waals surface area contributed by atoms with E-state index in [0.29, 0.717) is 17.8 Å². The minimum Gasteiger partial charge on any atom is -0.367 e. The summed E-state index contributed by atoms with van der Waals surface area (Å²) in [6, 6.07) is 11.7. The molecule has 4 N–H and O–H groups in total. The van der Waals surface area contributed by atoms with Gasteiger partial charge in [0.15, 0.2) is 0 Å². The van der Waals surface area contributed by atoms with Gasteiger partial charge in [0.2, 0.25) is 11.7 Å². The van der Waals surface area contributed by atoms with Gasteiger partial charge in [0, 0.05) is 43.0 Å². The lowest BCUT2D eigenvalue weighted by molar-refractivity contribution is -0.145. The van der Waals surface area contributed by atoms with E-state index >= 15 is 0 Å². The van der Waals surface area contributed by atoms with Crippen molar-refractivity contribution in [3.8, 4) is 11.1 Å². The lowest BCUT2D eigenvalue weighted by atomic mass is 9.89. The highest BCUT2D eigenvalue weighted by atomic mass is 19.4. The Morgan fingerprint density at radius 3 is 2.44 bits per heavy atom. The lowest BCUT2D eigenvalue weighted by Gasteiger charge is -2.40. The Labute approximate surface area is 225 Å². The second-order valence-electron chi connectivity index (χ2n) is 10.2. The normalized spacial score (nSPS) is 21.9. The van der Waals surface area contributed by atoms with Crippen molar-refractivity contribution in [2.24, 2.45) is 5.73 Å². The van der Waals surface area contributed by atoms with Crippen molar-refractivity contribution in [2.45, 2.75) is 62.8 Å². The monoisotopic (exact) mass is 539 g/mol. The number of carbonyl (C=O) groups excluding carboxylic acids is 1. The van der Waals surface area contributed by atoms with E-state index < -0.39 is 17.9 Å². The van der Waals surface area contributed by atoms with Crippen LogP contribution in [0.1, 0.15) is 54.7 Å². The Hall–Kier alpha value is -3.73. The number of hydrogen-bond acceptors (Lipinski definition) is 7. The van der Waals surface area contributed by atoms with Crippen molar-refractivity contribution in [3.63, 3.8) is 0 Å². The van der Waals surface area contributed by atoms with Crippen LogP contribution in [0, 0.1) is 0 Å². The zero-order valence-corrected chi connectivity index (χ0v) is 21.5. The number of amides is 1. The molecular formula is C28H32F3N7O. The van der Waals surface area contributed by atoms with E-state index in [9.17, 15) is 18.0 Å². The molecule has 0 radical (unpaired) electrons. The summed E-state index contributed by atoms with van der Waals surface area (Å²) in [4.78, 5) is 25.3. The van der Waals surface area contributed by atoms with Crippen molar-refractivity contribution >= 4 is 17.4 Å². The first-order valence-electron chi connectivity index (χ1n) is 13.3. The summed E-state index contributed by atoms with van der Waals surface area (Å²) in [6.07, 6.45) is 5.94. The molecule has 3 unspecified atom stereocenters. The van der Waals surface area contributed by atoms with Crippen molar-refractivity contribution in [1.82, 2.24) is 20.3 Å². The van der Waals surface area contributed by atoms with Gasteiger partial charge in [-0.2, -0.15) is 13.2 Å². The fraction of sp³-hybridized carbons (Fsp3) is 0.429. The summed E-state index contributed by atoms with van der Waals surface area (Å²) in [5, 5.41) is 7.45. The first kappa shape index (κ1) is 26.9. The van der Waals surface area contributed by atoms with Gasteiger partial charge in [0.1, 0.15) is 5.82 Å². The third-order valence-corrected chi connectivity index (χ3v) is 7.47. The highest BCUT2D eigenvalue weighted by molar-refractivity contribution is 5.94. The molecule has 11 heteroatoms. The van der Waals surface area contributed by atoms with Crippen molar-refractivity contribution < 1.29 is 18.0 Å². The Morgan fingerprint density at radius 1 is 0.949 bits per heavy atom. The first-order valence-corrected chi connectivity index (χ1v) is 13.3. The van der Waals surface area contributed by atoms with E-state index in [1.54, 1.807) is 18.3 Å². The van der Waals surface area contributed by atoms with Crippen LogP contribution in [0.25, 0.3) is 11.1 Å². The van der Waals surface area contributed by atoms with Gasteiger partial charge in [-0.1, -0.05) is 25.0 Å². The zero-order chi connectivity index (χ0) is 27.4. The molecule has 5 rings (SSSR count). The maximum atomic E-state index is 12.9. The molecule has 206 valence electrons. The van der Waals surface area contributed by atoms with Gasteiger partial charge < -0.3 is 21.3 Å². The van der Waals surface area contributed by atoms with Gasteiger partial charge in [-0.3, -0.25) is 4.79 Å².